The van der Waals surface area contributed by atoms with Gasteiger partial charge in [0.2, 0.25) is 6.29 Å². The molecule has 28 heavy (non-hydrogen) atoms. The highest BCUT2D eigenvalue weighted by Crippen LogP contribution is 2.17. The van der Waals surface area contributed by atoms with E-state index in [4.69, 9.17) is 9.47 Å². The third kappa shape index (κ3) is 4.86. The number of para-hydroxylation sites is 2. The number of benzene rings is 2. The van der Waals surface area contributed by atoms with Crippen LogP contribution < -0.4 is 4.74 Å². The lowest BCUT2D eigenvalue weighted by atomic mass is 10.2. The summed E-state index contributed by atoms with van der Waals surface area (Å²) < 4.78 is 12.1. The van der Waals surface area contributed by atoms with Crippen molar-refractivity contribution in [3.63, 3.8) is 0 Å². The number of fused-ring (bicyclic) bond motifs is 1. The van der Waals surface area contributed by atoms with Gasteiger partial charge >= 0.3 is 0 Å². The molecular formula is C22H20N4O2. The Morgan fingerprint density at radius 1 is 0.821 bits per heavy atom. The number of ether oxygens (including phenoxy) is 2. The molecule has 0 spiro atoms. The SMILES string of the molecule is c1ccc(OC(CCc2cnnnc2)OCc2ccc3ccccc3n2)cc1. The third-order valence-electron chi connectivity index (χ3n) is 4.30. The van der Waals surface area contributed by atoms with Crippen molar-refractivity contribution in [2.24, 2.45) is 0 Å². The maximum atomic E-state index is 6.06. The van der Waals surface area contributed by atoms with Crippen molar-refractivity contribution >= 4 is 10.9 Å². The summed E-state index contributed by atoms with van der Waals surface area (Å²) in [6, 6.07) is 21.7. The van der Waals surface area contributed by atoms with Crippen molar-refractivity contribution in [1.82, 2.24) is 20.4 Å². The fourth-order valence-electron chi connectivity index (χ4n) is 2.87. The van der Waals surface area contributed by atoms with Crippen LogP contribution in [0.4, 0.5) is 0 Å². The van der Waals surface area contributed by atoms with Gasteiger partial charge in [-0.15, -0.1) is 10.2 Å². The summed E-state index contributed by atoms with van der Waals surface area (Å²) in [6.45, 7) is 0.370. The molecule has 6 heteroatoms. The highest BCUT2D eigenvalue weighted by atomic mass is 16.7. The van der Waals surface area contributed by atoms with Crippen LogP contribution in [0.15, 0.2) is 79.1 Å². The second-order valence-electron chi connectivity index (χ2n) is 6.36. The van der Waals surface area contributed by atoms with E-state index in [-0.39, 0.29) is 0 Å². The normalized spacial score (nSPS) is 12.0. The molecule has 140 valence electrons. The van der Waals surface area contributed by atoms with Crippen LogP contribution in [-0.4, -0.2) is 26.7 Å². The Morgan fingerprint density at radius 3 is 2.46 bits per heavy atom. The van der Waals surface area contributed by atoms with Gasteiger partial charge < -0.3 is 9.47 Å². The summed E-state index contributed by atoms with van der Waals surface area (Å²) >= 11 is 0. The summed E-state index contributed by atoms with van der Waals surface area (Å²) in [6.07, 6.45) is 4.39. The molecule has 1 unspecified atom stereocenters. The molecular weight excluding hydrogens is 352 g/mol. The van der Waals surface area contributed by atoms with Gasteiger partial charge in [0.25, 0.3) is 0 Å². The molecule has 4 aromatic rings. The minimum Gasteiger partial charge on any atom is -0.465 e. The number of rotatable bonds is 8. The highest BCUT2D eigenvalue weighted by molar-refractivity contribution is 5.78. The zero-order valence-corrected chi connectivity index (χ0v) is 15.3. The zero-order valence-electron chi connectivity index (χ0n) is 15.3. The number of hydrogen-bond donors (Lipinski definition) is 0. The quantitative estimate of drug-likeness (QED) is 0.436. The average Bonchev–Trinajstić information content (AvgIpc) is 2.77. The van der Waals surface area contributed by atoms with Crippen molar-refractivity contribution < 1.29 is 9.47 Å². The molecule has 0 amide bonds. The summed E-state index contributed by atoms with van der Waals surface area (Å²) in [5.41, 5.74) is 2.81. The van der Waals surface area contributed by atoms with E-state index in [1.807, 2.05) is 60.7 Å². The molecule has 0 N–H and O–H groups in total. The smallest absolute Gasteiger partial charge is 0.200 e. The first-order valence-electron chi connectivity index (χ1n) is 9.17. The maximum Gasteiger partial charge on any atom is 0.200 e. The number of pyridine rings is 1. The molecule has 1 atom stereocenters. The van der Waals surface area contributed by atoms with Gasteiger partial charge in [-0.3, -0.25) is 4.98 Å². The molecule has 0 saturated carbocycles. The highest BCUT2D eigenvalue weighted by Gasteiger charge is 2.13. The van der Waals surface area contributed by atoms with Crippen molar-refractivity contribution in [3.05, 3.63) is 90.4 Å². The number of aromatic nitrogens is 4. The minimum absolute atomic E-state index is 0.370. The number of aryl methyl sites for hydroxylation is 1. The van der Waals surface area contributed by atoms with Crippen LogP contribution in [0, 0.1) is 0 Å². The van der Waals surface area contributed by atoms with Crippen LogP contribution in [0.25, 0.3) is 10.9 Å². The Bertz CT molecular complexity index is 1010. The molecule has 6 nitrogen and oxygen atoms in total. The molecule has 2 aromatic heterocycles. The summed E-state index contributed by atoms with van der Waals surface area (Å²) in [4.78, 5) is 4.66. The first-order chi connectivity index (χ1) is 13.9. The van der Waals surface area contributed by atoms with Gasteiger partial charge in [-0.2, -0.15) is 0 Å². The Kier molecular flexibility index (Phi) is 5.80. The summed E-state index contributed by atoms with van der Waals surface area (Å²) in [5.74, 6) is 0.768. The van der Waals surface area contributed by atoms with Gasteiger partial charge in [0, 0.05) is 11.8 Å². The van der Waals surface area contributed by atoms with Crippen LogP contribution in [0.5, 0.6) is 5.75 Å². The van der Waals surface area contributed by atoms with E-state index in [1.54, 1.807) is 12.4 Å². The average molecular weight is 372 g/mol. The molecule has 0 saturated heterocycles. The Hall–Kier alpha value is -3.38. The Labute approximate surface area is 163 Å². The van der Waals surface area contributed by atoms with Gasteiger partial charge in [0.15, 0.2) is 0 Å². The zero-order chi connectivity index (χ0) is 19.0. The molecule has 0 aliphatic carbocycles. The van der Waals surface area contributed by atoms with Crippen molar-refractivity contribution in [1.29, 1.82) is 0 Å². The topological polar surface area (TPSA) is 70.0 Å². The van der Waals surface area contributed by atoms with Crippen LogP contribution in [0.2, 0.25) is 0 Å². The van der Waals surface area contributed by atoms with Gasteiger partial charge in [0.05, 0.1) is 30.2 Å². The Balaban J connectivity index is 1.44. The van der Waals surface area contributed by atoms with E-state index < -0.39 is 6.29 Å². The van der Waals surface area contributed by atoms with E-state index in [1.165, 1.54) is 0 Å². The molecule has 2 aromatic carbocycles. The van der Waals surface area contributed by atoms with Crippen LogP contribution >= 0.6 is 0 Å². The third-order valence-corrected chi connectivity index (χ3v) is 4.30. The molecule has 0 aliphatic rings. The summed E-state index contributed by atoms with van der Waals surface area (Å²) in [5, 5.41) is 12.3. The van der Waals surface area contributed by atoms with E-state index in [0.29, 0.717) is 13.0 Å². The monoisotopic (exact) mass is 372 g/mol. The van der Waals surface area contributed by atoms with E-state index >= 15 is 0 Å². The van der Waals surface area contributed by atoms with Crippen LogP contribution in [0.3, 0.4) is 0 Å². The van der Waals surface area contributed by atoms with Crippen LogP contribution in [-0.2, 0) is 17.8 Å². The molecule has 2 heterocycles. The minimum atomic E-state index is -0.413. The number of nitrogens with zero attached hydrogens (tertiary/aromatic N) is 4. The van der Waals surface area contributed by atoms with Gasteiger partial charge in [-0.1, -0.05) is 42.5 Å². The summed E-state index contributed by atoms with van der Waals surface area (Å²) in [7, 11) is 0. The van der Waals surface area contributed by atoms with Crippen molar-refractivity contribution in [3.8, 4) is 5.75 Å². The van der Waals surface area contributed by atoms with Crippen molar-refractivity contribution in [2.45, 2.75) is 25.7 Å². The first-order valence-corrected chi connectivity index (χ1v) is 9.17. The second-order valence-corrected chi connectivity index (χ2v) is 6.36. The second kappa shape index (κ2) is 9.01. The lowest BCUT2D eigenvalue weighted by molar-refractivity contribution is -0.0939. The molecule has 4 rings (SSSR count). The predicted octanol–water partition coefficient (Wildman–Crippen LogP) is 3.97. The number of hydrogen-bond acceptors (Lipinski definition) is 6. The van der Waals surface area contributed by atoms with E-state index in [9.17, 15) is 0 Å². The standard InChI is InChI=1S/C22H20N4O2/c1-2-7-20(8-3-1)28-22(13-10-17-14-23-26-24-15-17)27-16-19-12-11-18-6-4-5-9-21(18)25-19/h1-9,11-12,14-15,22H,10,13,16H2. The molecule has 0 fully saturated rings. The lowest BCUT2D eigenvalue weighted by Gasteiger charge is -2.19. The van der Waals surface area contributed by atoms with Crippen molar-refractivity contribution in [2.75, 3.05) is 0 Å². The molecule has 0 bridgehead atoms. The van der Waals surface area contributed by atoms with Gasteiger partial charge in [0.1, 0.15) is 5.75 Å². The van der Waals surface area contributed by atoms with E-state index in [2.05, 4.69) is 26.5 Å². The fourth-order valence-corrected chi connectivity index (χ4v) is 2.87. The van der Waals surface area contributed by atoms with Crippen LogP contribution in [0.1, 0.15) is 17.7 Å². The lowest BCUT2D eigenvalue weighted by Crippen LogP contribution is -2.22. The largest absolute Gasteiger partial charge is 0.465 e. The Morgan fingerprint density at radius 2 is 1.61 bits per heavy atom. The fraction of sp³-hybridized carbons (Fsp3) is 0.182. The molecule has 0 aliphatic heterocycles. The predicted molar refractivity (Wildman–Crippen MR) is 106 cm³/mol. The maximum absolute atomic E-state index is 6.06. The van der Waals surface area contributed by atoms with E-state index in [0.717, 1.165) is 34.3 Å². The van der Waals surface area contributed by atoms with Gasteiger partial charge in [-0.05, 0) is 41.5 Å². The first kappa shape index (κ1) is 18.0. The van der Waals surface area contributed by atoms with Gasteiger partial charge in [-0.25, -0.2) is 0 Å². The molecule has 0 radical (unpaired) electrons.